The summed E-state index contributed by atoms with van der Waals surface area (Å²) in [7, 11) is 3.14. The molecular weight excluding hydrogens is 235 g/mol. The summed E-state index contributed by atoms with van der Waals surface area (Å²) in [6, 6.07) is 7.55. The number of hydrogen-bond acceptors (Lipinski definition) is 2. The van der Waals surface area contributed by atoms with E-state index in [4.69, 9.17) is 32.7 Å². The molecule has 15 heavy (non-hydrogen) atoms. The zero-order chi connectivity index (χ0) is 11.3. The maximum Gasteiger partial charge on any atom is 0.168 e. The van der Waals surface area contributed by atoms with E-state index in [1.165, 1.54) is 0 Å². The lowest BCUT2D eigenvalue weighted by molar-refractivity contribution is -0.00281. The van der Waals surface area contributed by atoms with Crippen molar-refractivity contribution in [1.29, 1.82) is 0 Å². The van der Waals surface area contributed by atoms with Crippen LogP contribution in [0.4, 0.5) is 0 Å². The Morgan fingerprint density at radius 3 is 2.47 bits per heavy atom. The van der Waals surface area contributed by atoms with E-state index in [9.17, 15) is 0 Å². The van der Waals surface area contributed by atoms with Crippen molar-refractivity contribution in [2.24, 2.45) is 0 Å². The summed E-state index contributed by atoms with van der Waals surface area (Å²) in [6.45, 7) is 0.316. The van der Waals surface area contributed by atoms with E-state index in [-0.39, 0.29) is 0 Å². The highest BCUT2D eigenvalue weighted by Crippen LogP contribution is 2.26. The maximum atomic E-state index is 6.22. The Kier molecular flexibility index (Phi) is 4.87. The molecule has 1 aromatic carbocycles. The molecule has 1 rings (SSSR count). The normalized spacial score (nSPS) is 14.9. The molecule has 0 aliphatic carbocycles. The molecule has 1 aromatic rings. The molecule has 0 saturated carbocycles. The van der Waals surface area contributed by atoms with Gasteiger partial charge in [-0.15, -0.1) is 0 Å². The quantitative estimate of drug-likeness (QED) is 0.746. The van der Waals surface area contributed by atoms with E-state index in [0.29, 0.717) is 18.1 Å². The second-order valence-corrected chi connectivity index (χ2v) is 4.38. The smallest absolute Gasteiger partial charge is 0.168 e. The molecule has 0 aliphatic heterocycles. The van der Waals surface area contributed by atoms with Crippen LogP contribution in [-0.2, 0) is 15.9 Å². The van der Waals surface area contributed by atoms with E-state index in [1.807, 2.05) is 24.3 Å². The van der Waals surface area contributed by atoms with Gasteiger partial charge in [0, 0.05) is 25.7 Å². The first-order chi connectivity index (χ1) is 7.11. The summed E-state index contributed by atoms with van der Waals surface area (Å²) in [5.74, 6) is 0. The molecule has 84 valence electrons. The molecule has 0 aromatic heterocycles. The highest BCUT2D eigenvalue weighted by molar-refractivity contribution is 6.31. The molecular formula is C11H14Cl2O2. The lowest BCUT2D eigenvalue weighted by Crippen LogP contribution is -2.32. The average Bonchev–Trinajstić information content (AvgIpc) is 2.22. The second kappa shape index (κ2) is 5.71. The van der Waals surface area contributed by atoms with E-state index in [2.05, 4.69) is 0 Å². The maximum absolute atomic E-state index is 6.22. The number of hydrogen-bond donors (Lipinski definition) is 0. The van der Waals surface area contributed by atoms with Crippen molar-refractivity contribution >= 4 is 23.2 Å². The number of benzene rings is 1. The predicted octanol–water partition coefficient (Wildman–Crippen LogP) is 3.11. The van der Waals surface area contributed by atoms with Crippen LogP contribution in [0.3, 0.4) is 0 Å². The predicted molar refractivity (Wildman–Crippen MR) is 62.6 cm³/mol. The molecule has 0 aliphatic rings. The number of rotatable bonds is 5. The largest absolute Gasteiger partial charge is 0.380 e. The van der Waals surface area contributed by atoms with Crippen molar-refractivity contribution in [1.82, 2.24) is 0 Å². The Bertz CT molecular complexity index is 317. The van der Waals surface area contributed by atoms with Crippen LogP contribution < -0.4 is 0 Å². The first-order valence-electron chi connectivity index (χ1n) is 4.58. The molecule has 2 nitrogen and oxygen atoms in total. The van der Waals surface area contributed by atoms with Crippen molar-refractivity contribution < 1.29 is 9.47 Å². The minimum absolute atomic E-state index is 0.316. The minimum atomic E-state index is -0.847. The summed E-state index contributed by atoms with van der Waals surface area (Å²) >= 11 is 12.3. The van der Waals surface area contributed by atoms with Gasteiger partial charge >= 0.3 is 0 Å². The van der Waals surface area contributed by atoms with Crippen LogP contribution >= 0.6 is 23.2 Å². The van der Waals surface area contributed by atoms with Gasteiger partial charge in [-0.2, -0.15) is 0 Å². The van der Waals surface area contributed by atoms with Gasteiger partial charge in [0.05, 0.1) is 6.61 Å². The monoisotopic (exact) mass is 248 g/mol. The first-order valence-corrected chi connectivity index (χ1v) is 5.33. The van der Waals surface area contributed by atoms with Gasteiger partial charge < -0.3 is 9.47 Å². The molecule has 0 saturated heterocycles. The van der Waals surface area contributed by atoms with Gasteiger partial charge in [0.25, 0.3) is 0 Å². The highest BCUT2D eigenvalue weighted by atomic mass is 35.5. The molecule has 0 fully saturated rings. The third-order valence-electron chi connectivity index (χ3n) is 2.14. The number of methoxy groups -OCH3 is 2. The molecule has 1 unspecified atom stereocenters. The number of ether oxygens (including phenoxy) is 2. The van der Waals surface area contributed by atoms with Gasteiger partial charge in [-0.05, 0) is 11.6 Å². The fourth-order valence-corrected chi connectivity index (χ4v) is 1.78. The van der Waals surface area contributed by atoms with Crippen LogP contribution in [-0.4, -0.2) is 25.9 Å². The van der Waals surface area contributed by atoms with Crippen LogP contribution in [0.5, 0.6) is 0 Å². The zero-order valence-electron chi connectivity index (χ0n) is 8.80. The topological polar surface area (TPSA) is 18.5 Å². The fourth-order valence-electron chi connectivity index (χ4n) is 1.32. The lowest BCUT2D eigenvalue weighted by atomic mass is 10.1. The third kappa shape index (κ3) is 3.65. The molecule has 0 bridgehead atoms. The summed E-state index contributed by atoms with van der Waals surface area (Å²) < 4.78 is 10.2. The average molecular weight is 249 g/mol. The van der Waals surface area contributed by atoms with Gasteiger partial charge in [-0.3, -0.25) is 0 Å². The molecule has 0 radical (unpaired) electrons. The molecule has 0 N–H and O–H groups in total. The fraction of sp³-hybridized carbons (Fsp3) is 0.455. The van der Waals surface area contributed by atoms with E-state index < -0.39 is 5.06 Å². The van der Waals surface area contributed by atoms with Gasteiger partial charge in [-0.25, -0.2) is 0 Å². The van der Waals surface area contributed by atoms with E-state index in [0.717, 1.165) is 5.56 Å². The van der Waals surface area contributed by atoms with Crippen LogP contribution in [0.2, 0.25) is 5.02 Å². The Morgan fingerprint density at radius 1 is 1.27 bits per heavy atom. The van der Waals surface area contributed by atoms with Crippen molar-refractivity contribution in [2.45, 2.75) is 11.5 Å². The standard InChI is InChI=1S/C11H14Cl2O2/c1-14-8-11(13,15-2)7-9-5-3-4-6-10(9)12/h3-6H,7-8H2,1-2H3. The van der Waals surface area contributed by atoms with Gasteiger partial charge in [0.15, 0.2) is 5.06 Å². The van der Waals surface area contributed by atoms with E-state index >= 15 is 0 Å². The van der Waals surface area contributed by atoms with Crippen molar-refractivity contribution in [2.75, 3.05) is 20.8 Å². The molecule has 0 heterocycles. The summed E-state index contributed by atoms with van der Waals surface area (Å²) in [4.78, 5) is 0. The highest BCUT2D eigenvalue weighted by Gasteiger charge is 2.27. The van der Waals surface area contributed by atoms with Crippen molar-refractivity contribution in [3.8, 4) is 0 Å². The Balaban J connectivity index is 2.79. The third-order valence-corrected chi connectivity index (χ3v) is 2.90. The second-order valence-electron chi connectivity index (χ2n) is 3.29. The molecule has 4 heteroatoms. The Hall–Kier alpha value is -0.280. The summed E-state index contributed by atoms with van der Waals surface area (Å²) in [5.41, 5.74) is 0.952. The molecule has 0 spiro atoms. The van der Waals surface area contributed by atoms with Gasteiger partial charge in [-0.1, -0.05) is 41.4 Å². The van der Waals surface area contributed by atoms with Crippen molar-refractivity contribution in [3.63, 3.8) is 0 Å². The number of halogens is 2. The first kappa shape index (κ1) is 12.8. The molecule has 0 amide bonds. The van der Waals surface area contributed by atoms with Crippen LogP contribution in [0, 0.1) is 0 Å². The summed E-state index contributed by atoms with van der Waals surface area (Å²) in [6.07, 6.45) is 0.512. The van der Waals surface area contributed by atoms with E-state index in [1.54, 1.807) is 14.2 Å². The van der Waals surface area contributed by atoms with Gasteiger partial charge in [0.2, 0.25) is 0 Å². The van der Waals surface area contributed by atoms with Crippen LogP contribution in [0.1, 0.15) is 5.56 Å². The Morgan fingerprint density at radius 2 is 1.93 bits per heavy atom. The Labute approximate surface area is 100 Å². The van der Waals surface area contributed by atoms with Crippen LogP contribution in [0.25, 0.3) is 0 Å². The lowest BCUT2D eigenvalue weighted by Gasteiger charge is -2.25. The van der Waals surface area contributed by atoms with Crippen LogP contribution in [0.15, 0.2) is 24.3 Å². The van der Waals surface area contributed by atoms with Gasteiger partial charge in [0.1, 0.15) is 0 Å². The SMILES string of the molecule is COCC(Cl)(Cc1ccccc1Cl)OC. The zero-order valence-corrected chi connectivity index (χ0v) is 10.3. The minimum Gasteiger partial charge on any atom is -0.380 e. The number of alkyl halides is 1. The van der Waals surface area contributed by atoms with Crippen molar-refractivity contribution in [3.05, 3.63) is 34.9 Å². The summed E-state index contributed by atoms with van der Waals surface area (Å²) in [5, 5.41) is -0.157. The molecule has 1 atom stereocenters.